The summed E-state index contributed by atoms with van der Waals surface area (Å²) >= 11 is 5.83. The molecule has 0 heterocycles. The minimum atomic E-state index is 0.214. The molecule has 0 aliphatic heterocycles. The van der Waals surface area contributed by atoms with Crippen LogP contribution in [0.2, 0.25) is 5.02 Å². The average molecular weight is 227 g/mol. The summed E-state index contributed by atoms with van der Waals surface area (Å²) in [5, 5.41) is 10.1. The van der Waals surface area contributed by atoms with Gasteiger partial charge < -0.3 is 5.11 Å². The van der Waals surface area contributed by atoms with Crippen molar-refractivity contribution in [2.45, 2.75) is 32.6 Å². The molecule has 0 saturated carbocycles. The number of benzene rings is 1. The lowest BCUT2D eigenvalue weighted by atomic mass is 9.89. The van der Waals surface area contributed by atoms with Crippen molar-refractivity contribution in [1.29, 1.82) is 0 Å². The van der Waals surface area contributed by atoms with Crippen LogP contribution in [0.4, 0.5) is 0 Å². The van der Waals surface area contributed by atoms with Crippen molar-refractivity contribution in [1.82, 2.24) is 0 Å². The fourth-order valence-corrected chi connectivity index (χ4v) is 1.83. The molecule has 1 aromatic rings. The standard InChI is InChI=1S/C13H19ClO/c1-3-10(2)8-12(9-15)11-4-6-13(14)7-5-11/h4-7,10,12,15H,3,8-9H2,1-2H3. The molecule has 1 rings (SSSR count). The molecule has 0 fully saturated rings. The molecular formula is C13H19ClO. The normalized spacial score (nSPS) is 14.9. The molecule has 0 aliphatic carbocycles. The predicted molar refractivity (Wildman–Crippen MR) is 65.4 cm³/mol. The van der Waals surface area contributed by atoms with Gasteiger partial charge in [-0.25, -0.2) is 0 Å². The molecule has 1 N–H and O–H groups in total. The average Bonchev–Trinajstić information content (AvgIpc) is 2.27. The second kappa shape index (κ2) is 6.14. The van der Waals surface area contributed by atoms with Crippen molar-refractivity contribution in [3.63, 3.8) is 0 Å². The summed E-state index contributed by atoms with van der Waals surface area (Å²) < 4.78 is 0. The Morgan fingerprint density at radius 3 is 2.33 bits per heavy atom. The molecule has 0 amide bonds. The SMILES string of the molecule is CCC(C)CC(CO)c1ccc(Cl)cc1. The third-order valence-electron chi connectivity index (χ3n) is 2.95. The Hall–Kier alpha value is -0.530. The van der Waals surface area contributed by atoms with Gasteiger partial charge in [-0.2, -0.15) is 0 Å². The van der Waals surface area contributed by atoms with Crippen molar-refractivity contribution in [3.8, 4) is 0 Å². The lowest BCUT2D eigenvalue weighted by molar-refractivity contribution is 0.245. The maximum absolute atomic E-state index is 9.36. The molecule has 2 unspecified atom stereocenters. The van der Waals surface area contributed by atoms with Crippen molar-refractivity contribution < 1.29 is 5.11 Å². The highest BCUT2D eigenvalue weighted by Crippen LogP contribution is 2.25. The first-order valence-electron chi connectivity index (χ1n) is 5.53. The third kappa shape index (κ3) is 3.84. The Bertz CT molecular complexity index is 281. The van der Waals surface area contributed by atoms with Gasteiger partial charge >= 0.3 is 0 Å². The van der Waals surface area contributed by atoms with Crippen LogP contribution in [0.1, 0.15) is 38.2 Å². The second-order valence-electron chi connectivity index (χ2n) is 4.18. The fourth-order valence-electron chi connectivity index (χ4n) is 1.70. The Balaban J connectivity index is 2.69. The lowest BCUT2D eigenvalue weighted by Crippen LogP contribution is -2.08. The van der Waals surface area contributed by atoms with Gasteiger partial charge in [0.25, 0.3) is 0 Å². The van der Waals surface area contributed by atoms with Crippen LogP contribution in [0.5, 0.6) is 0 Å². The number of hydrogen-bond donors (Lipinski definition) is 1. The first kappa shape index (κ1) is 12.5. The molecule has 0 aliphatic rings. The van der Waals surface area contributed by atoms with Crippen LogP contribution in [-0.4, -0.2) is 11.7 Å². The molecule has 0 aromatic heterocycles. The van der Waals surface area contributed by atoms with E-state index in [2.05, 4.69) is 13.8 Å². The van der Waals surface area contributed by atoms with E-state index in [4.69, 9.17) is 11.6 Å². The number of halogens is 1. The summed E-state index contributed by atoms with van der Waals surface area (Å²) in [6, 6.07) is 7.78. The van der Waals surface area contributed by atoms with E-state index in [0.717, 1.165) is 17.9 Å². The largest absolute Gasteiger partial charge is 0.396 e. The van der Waals surface area contributed by atoms with Crippen LogP contribution in [0.15, 0.2) is 24.3 Å². The first-order valence-corrected chi connectivity index (χ1v) is 5.91. The van der Waals surface area contributed by atoms with Crippen molar-refractivity contribution in [3.05, 3.63) is 34.9 Å². The van der Waals surface area contributed by atoms with Crippen LogP contribution < -0.4 is 0 Å². The Morgan fingerprint density at radius 2 is 1.87 bits per heavy atom. The van der Waals surface area contributed by atoms with Gasteiger partial charge in [0.1, 0.15) is 0 Å². The highest BCUT2D eigenvalue weighted by Gasteiger charge is 2.13. The zero-order valence-corrected chi connectivity index (χ0v) is 10.2. The summed E-state index contributed by atoms with van der Waals surface area (Å²) in [5.41, 5.74) is 1.18. The number of hydrogen-bond acceptors (Lipinski definition) is 1. The summed E-state index contributed by atoms with van der Waals surface area (Å²) in [6.45, 7) is 4.62. The van der Waals surface area contributed by atoms with Crippen LogP contribution >= 0.6 is 11.6 Å². The third-order valence-corrected chi connectivity index (χ3v) is 3.20. The first-order chi connectivity index (χ1) is 7.17. The topological polar surface area (TPSA) is 20.2 Å². The molecule has 15 heavy (non-hydrogen) atoms. The smallest absolute Gasteiger partial charge is 0.0499 e. The molecular weight excluding hydrogens is 208 g/mol. The van der Waals surface area contributed by atoms with Crippen LogP contribution in [0.25, 0.3) is 0 Å². The number of aliphatic hydroxyl groups is 1. The van der Waals surface area contributed by atoms with E-state index in [-0.39, 0.29) is 12.5 Å². The van der Waals surface area contributed by atoms with E-state index in [9.17, 15) is 5.11 Å². The van der Waals surface area contributed by atoms with E-state index in [1.54, 1.807) is 0 Å². The highest BCUT2D eigenvalue weighted by molar-refractivity contribution is 6.30. The second-order valence-corrected chi connectivity index (χ2v) is 4.62. The molecule has 2 heteroatoms. The van der Waals surface area contributed by atoms with Gasteiger partial charge in [0, 0.05) is 17.5 Å². The molecule has 1 nitrogen and oxygen atoms in total. The molecule has 0 bridgehead atoms. The summed E-state index contributed by atoms with van der Waals surface area (Å²) in [6.07, 6.45) is 2.19. The lowest BCUT2D eigenvalue weighted by Gasteiger charge is -2.18. The molecule has 0 saturated heterocycles. The van der Waals surface area contributed by atoms with Crippen LogP contribution in [-0.2, 0) is 0 Å². The maximum atomic E-state index is 9.36. The zero-order chi connectivity index (χ0) is 11.3. The summed E-state index contributed by atoms with van der Waals surface area (Å²) in [5.74, 6) is 0.898. The minimum absolute atomic E-state index is 0.214. The van der Waals surface area contributed by atoms with E-state index in [1.807, 2.05) is 24.3 Å². The van der Waals surface area contributed by atoms with E-state index in [1.165, 1.54) is 5.56 Å². The summed E-state index contributed by atoms with van der Waals surface area (Å²) in [4.78, 5) is 0. The fraction of sp³-hybridized carbons (Fsp3) is 0.538. The summed E-state index contributed by atoms with van der Waals surface area (Å²) in [7, 11) is 0. The van der Waals surface area contributed by atoms with E-state index >= 15 is 0 Å². The number of aliphatic hydroxyl groups excluding tert-OH is 1. The maximum Gasteiger partial charge on any atom is 0.0499 e. The quantitative estimate of drug-likeness (QED) is 0.809. The van der Waals surface area contributed by atoms with Crippen molar-refractivity contribution >= 4 is 11.6 Å². The van der Waals surface area contributed by atoms with Gasteiger partial charge in [-0.05, 0) is 30.0 Å². The van der Waals surface area contributed by atoms with Crippen LogP contribution in [0.3, 0.4) is 0 Å². The Kier molecular flexibility index (Phi) is 5.13. The molecule has 1 aromatic carbocycles. The van der Waals surface area contributed by atoms with Crippen molar-refractivity contribution in [2.75, 3.05) is 6.61 Å². The van der Waals surface area contributed by atoms with Crippen molar-refractivity contribution in [2.24, 2.45) is 5.92 Å². The monoisotopic (exact) mass is 226 g/mol. The van der Waals surface area contributed by atoms with Gasteiger partial charge in [-0.3, -0.25) is 0 Å². The van der Waals surface area contributed by atoms with Gasteiger partial charge in [0.2, 0.25) is 0 Å². The molecule has 0 spiro atoms. The zero-order valence-electron chi connectivity index (χ0n) is 9.41. The Labute approximate surface area is 97.1 Å². The van der Waals surface area contributed by atoms with Gasteiger partial charge in [-0.1, -0.05) is 44.0 Å². The Morgan fingerprint density at radius 1 is 1.27 bits per heavy atom. The molecule has 84 valence electrons. The van der Waals surface area contributed by atoms with E-state index in [0.29, 0.717) is 5.92 Å². The van der Waals surface area contributed by atoms with Crippen LogP contribution in [0, 0.1) is 5.92 Å². The molecule has 0 radical (unpaired) electrons. The van der Waals surface area contributed by atoms with Gasteiger partial charge in [-0.15, -0.1) is 0 Å². The van der Waals surface area contributed by atoms with Gasteiger partial charge in [0.05, 0.1) is 0 Å². The van der Waals surface area contributed by atoms with E-state index < -0.39 is 0 Å². The van der Waals surface area contributed by atoms with Gasteiger partial charge in [0.15, 0.2) is 0 Å². The number of rotatable bonds is 5. The predicted octanol–water partition coefficient (Wildman–Crippen LogP) is 3.85. The molecule has 2 atom stereocenters. The minimum Gasteiger partial charge on any atom is -0.396 e. The highest BCUT2D eigenvalue weighted by atomic mass is 35.5.